The average Bonchev–Trinajstić information content (AvgIpc) is 2.82. The number of rotatable bonds is 6. The molecule has 1 heterocycles. The number of halogens is 1. The molecule has 2 rings (SSSR count). The molecule has 20 heavy (non-hydrogen) atoms. The van der Waals surface area contributed by atoms with Crippen molar-refractivity contribution in [3.63, 3.8) is 0 Å². The minimum absolute atomic E-state index is 0.0910. The molecule has 1 amide bonds. The molecule has 0 saturated heterocycles. The highest BCUT2D eigenvalue weighted by Gasteiger charge is 2.04. The lowest BCUT2D eigenvalue weighted by Gasteiger charge is -2.06. The van der Waals surface area contributed by atoms with Gasteiger partial charge in [-0.25, -0.2) is 0 Å². The number of carbonyl (C=O) groups excluding carboxylic acids is 1. The number of nitrogens with one attached hydrogen (secondary N) is 1. The summed E-state index contributed by atoms with van der Waals surface area (Å²) in [7, 11) is 1.99. The van der Waals surface area contributed by atoms with Gasteiger partial charge in [0.2, 0.25) is 5.91 Å². The van der Waals surface area contributed by atoms with Crippen LogP contribution in [0.25, 0.3) is 0 Å². The molecule has 0 aliphatic heterocycles. The lowest BCUT2D eigenvalue weighted by Crippen LogP contribution is -2.26. The number of aryl methyl sites for hydroxylation is 2. The number of benzene rings is 1. The SMILES string of the molecule is Cn1cccc1CCC(=O)NCCc1cccc(Cl)c1. The zero-order valence-corrected chi connectivity index (χ0v) is 12.4. The van der Waals surface area contributed by atoms with Crippen molar-refractivity contribution in [1.82, 2.24) is 9.88 Å². The first-order chi connectivity index (χ1) is 9.65. The maximum atomic E-state index is 11.8. The van der Waals surface area contributed by atoms with Crippen LogP contribution in [0.2, 0.25) is 5.02 Å². The predicted molar refractivity (Wildman–Crippen MR) is 81.9 cm³/mol. The number of aromatic nitrogens is 1. The van der Waals surface area contributed by atoms with E-state index in [-0.39, 0.29) is 5.91 Å². The first-order valence-electron chi connectivity index (χ1n) is 6.76. The second-order valence-electron chi connectivity index (χ2n) is 4.84. The summed E-state index contributed by atoms with van der Waals surface area (Å²) in [5.41, 5.74) is 2.32. The molecule has 1 N–H and O–H groups in total. The van der Waals surface area contributed by atoms with Gasteiger partial charge in [0.25, 0.3) is 0 Å². The Balaban J connectivity index is 1.69. The molecule has 0 saturated carbocycles. The van der Waals surface area contributed by atoms with Gasteiger partial charge in [-0.3, -0.25) is 4.79 Å². The molecule has 0 unspecified atom stereocenters. The summed E-state index contributed by atoms with van der Waals surface area (Å²) in [6.45, 7) is 0.645. The summed E-state index contributed by atoms with van der Waals surface area (Å²) in [4.78, 5) is 11.8. The minimum atomic E-state index is 0.0910. The van der Waals surface area contributed by atoms with E-state index in [9.17, 15) is 4.79 Å². The highest BCUT2D eigenvalue weighted by molar-refractivity contribution is 6.30. The van der Waals surface area contributed by atoms with Crippen molar-refractivity contribution >= 4 is 17.5 Å². The maximum Gasteiger partial charge on any atom is 0.220 e. The fourth-order valence-electron chi connectivity index (χ4n) is 2.12. The van der Waals surface area contributed by atoms with E-state index >= 15 is 0 Å². The van der Waals surface area contributed by atoms with Crippen molar-refractivity contribution < 1.29 is 4.79 Å². The van der Waals surface area contributed by atoms with Crippen LogP contribution in [0.15, 0.2) is 42.6 Å². The van der Waals surface area contributed by atoms with Crippen molar-refractivity contribution in [2.75, 3.05) is 6.54 Å². The van der Waals surface area contributed by atoms with Gasteiger partial charge >= 0.3 is 0 Å². The first kappa shape index (κ1) is 14.7. The van der Waals surface area contributed by atoms with Gasteiger partial charge in [-0.2, -0.15) is 0 Å². The fraction of sp³-hybridized carbons (Fsp3) is 0.312. The van der Waals surface area contributed by atoms with Gasteiger partial charge in [-0.05, 0) is 42.7 Å². The molecule has 1 aromatic carbocycles. The predicted octanol–water partition coefficient (Wildman–Crippen LogP) is 2.97. The van der Waals surface area contributed by atoms with Crippen LogP contribution in [0.1, 0.15) is 17.7 Å². The molecule has 0 bridgehead atoms. The number of amides is 1. The molecule has 3 nitrogen and oxygen atoms in total. The number of hydrogen-bond donors (Lipinski definition) is 1. The van der Waals surface area contributed by atoms with Gasteiger partial charge in [0.05, 0.1) is 0 Å². The second-order valence-corrected chi connectivity index (χ2v) is 5.28. The molecule has 1 aromatic heterocycles. The highest BCUT2D eigenvalue weighted by Crippen LogP contribution is 2.10. The van der Waals surface area contributed by atoms with E-state index in [0.29, 0.717) is 13.0 Å². The normalized spacial score (nSPS) is 10.5. The topological polar surface area (TPSA) is 34.0 Å². The molecule has 106 valence electrons. The fourth-order valence-corrected chi connectivity index (χ4v) is 2.34. The van der Waals surface area contributed by atoms with Gasteiger partial charge < -0.3 is 9.88 Å². The van der Waals surface area contributed by atoms with Crippen LogP contribution >= 0.6 is 11.6 Å². The van der Waals surface area contributed by atoms with E-state index in [4.69, 9.17) is 11.6 Å². The number of nitrogens with zero attached hydrogens (tertiary/aromatic N) is 1. The summed E-state index contributed by atoms with van der Waals surface area (Å²) in [6, 6.07) is 11.8. The second kappa shape index (κ2) is 7.15. The number of carbonyl (C=O) groups is 1. The van der Waals surface area contributed by atoms with Crippen LogP contribution in [0.5, 0.6) is 0 Å². The zero-order chi connectivity index (χ0) is 14.4. The van der Waals surface area contributed by atoms with Crippen LogP contribution in [-0.2, 0) is 24.7 Å². The van der Waals surface area contributed by atoms with Crippen molar-refractivity contribution in [2.24, 2.45) is 7.05 Å². The quantitative estimate of drug-likeness (QED) is 0.872. The summed E-state index contributed by atoms with van der Waals surface area (Å²) >= 11 is 5.92. The van der Waals surface area contributed by atoms with Crippen molar-refractivity contribution in [2.45, 2.75) is 19.3 Å². The molecule has 0 atom stereocenters. The Morgan fingerprint density at radius 3 is 2.80 bits per heavy atom. The summed E-state index contributed by atoms with van der Waals surface area (Å²) in [5, 5.41) is 3.68. The largest absolute Gasteiger partial charge is 0.356 e. The van der Waals surface area contributed by atoms with Gasteiger partial charge in [0.15, 0.2) is 0 Å². The van der Waals surface area contributed by atoms with Crippen LogP contribution in [-0.4, -0.2) is 17.0 Å². The van der Waals surface area contributed by atoms with Crippen molar-refractivity contribution in [3.05, 3.63) is 58.9 Å². The summed E-state index contributed by atoms with van der Waals surface area (Å²) in [6.07, 6.45) is 4.09. The van der Waals surface area contributed by atoms with Gasteiger partial charge in [-0.15, -0.1) is 0 Å². The third-order valence-electron chi connectivity index (χ3n) is 3.28. The van der Waals surface area contributed by atoms with Crippen LogP contribution in [0, 0.1) is 0 Å². The van der Waals surface area contributed by atoms with Gasteiger partial charge in [-0.1, -0.05) is 23.7 Å². The monoisotopic (exact) mass is 290 g/mol. The van der Waals surface area contributed by atoms with E-state index in [1.54, 1.807) is 0 Å². The Hall–Kier alpha value is -1.74. The average molecular weight is 291 g/mol. The minimum Gasteiger partial charge on any atom is -0.356 e. The Morgan fingerprint density at radius 2 is 2.10 bits per heavy atom. The molecule has 4 heteroatoms. The van der Waals surface area contributed by atoms with E-state index in [2.05, 4.69) is 5.32 Å². The Morgan fingerprint density at radius 1 is 1.25 bits per heavy atom. The summed E-state index contributed by atoms with van der Waals surface area (Å²) < 4.78 is 2.04. The van der Waals surface area contributed by atoms with Crippen molar-refractivity contribution in [1.29, 1.82) is 0 Å². The molecule has 0 aliphatic carbocycles. The molecule has 2 aromatic rings. The van der Waals surface area contributed by atoms with Crippen LogP contribution in [0.4, 0.5) is 0 Å². The molecular formula is C16H19ClN2O. The Labute approximate surface area is 124 Å². The maximum absolute atomic E-state index is 11.8. The van der Waals surface area contributed by atoms with E-state index in [0.717, 1.165) is 23.4 Å². The third-order valence-corrected chi connectivity index (χ3v) is 3.52. The Bertz CT molecular complexity index is 577. The lowest BCUT2D eigenvalue weighted by molar-refractivity contribution is -0.121. The van der Waals surface area contributed by atoms with E-state index in [1.807, 2.05) is 54.2 Å². The van der Waals surface area contributed by atoms with Crippen molar-refractivity contribution in [3.8, 4) is 0 Å². The van der Waals surface area contributed by atoms with E-state index < -0.39 is 0 Å². The van der Waals surface area contributed by atoms with E-state index in [1.165, 1.54) is 5.69 Å². The highest BCUT2D eigenvalue weighted by atomic mass is 35.5. The first-order valence-corrected chi connectivity index (χ1v) is 7.14. The standard InChI is InChI=1S/C16H19ClN2O/c1-19-11-3-6-15(19)7-8-16(20)18-10-9-13-4-2-5-14(17)12-13/h2-6,11-12H,7-10H2,1H3,(H,18,20). The van der Waals surface area contributed by atoms with Crippen LogP contribution in [0.3, 0.4) is 0 Å². The molecule has 0 aliphatic rings. The zero-order valence-electron chi connectivity index (χ0n) is 11.6. The Kier molecular flexibility index (Phi) is 5.24. The smallest absolute Gasteiger partial charge is 0.220 e. The molecule has 0 fully saturated rings. The molecule has 0 radical (unpaired) electrons. The third kappa shape index (κ3) is 4.42. The molecular weight excluding hydrogens is 272 g/mol. The van der Waals surface area contributed by atoms with Gasteiger partial charge in [0.1, 0.15) is 0 Å². The molecule has 0 spiro atoms. The number of hydrogen-bond acceptors (Lipinski definition) is 1. The lowest BCUT2D eigenvalue weighted by atomic mass is 10.1. The van der Waals surface area contributed by atoms with Crippen LogP contribution < -0.4 is 5.32 Å². The summed E-state index contributed by atoms with van der Waals surface area (Å²) in [5.74, 6) is 0.0910. The van der Waals surface area contributed by atoms with Gasteiger partial charge in [0, 0.05) is 36.9 Å².